The molecule has 0 fully saturated rings. The van der Waals surface area contributed by atoms with E-state index < -0.39 is 5.97 Å². The zero-order valence-electron chi connectivity index (χ0n) is 9.84. The fraction of sp³-hybridized carbons (Fsp3) is 0.200. The van der Waals surface area contributed by atoms with Crippen LogP contribution in [-0.2, 0) is 17.6 Å². The Hall–Kier alpha value is -2.16. The van der Waals surface area contributed by atoms with Crippen LogP contribution >= 0.6 is 0 Å². The number of carboxylic acids is 1. The highest BCUT2D eigenvalue weighted by molar-refractivity contribution is 5.73. The number of benzene rings is 1. The second-order valence-electron chi connectivity index (χ2n) is 4.64. The lowest BCUT2D eigenvalue weighted by Gasteiger charge is -2.03. The molecule has 0 amide bonds. The molecule has 18 heavy (non-hydrogen) atoms. The summed E-state index contributed by atoms with van der Waals surface area (Å²) in [6.45, 7) is 0. The third-order valence-electron chi connectivity index (χ3n) is 3.45. The zero-order chi connectivity index (χ0) is 12.5. The Morgan fingerprint density at radius 2 is 2.00 bits per heavy atom. The van der Waals surface area contributed by atoms with Crippen LogP contribution in [0.3, 0.4) is 0 Å². The molecule has 1 aliphatic rings. The first-order chi connectivity index (χ1) is 8.74. The van der Waals surface area contributed by atoms with E-state index >= 15 is 0 Å². The van der Waals surface area contributed by atoms with Crippen molar-refractivity contribution < 1.29 is 9.90 Å². The highest BCUT2D eigenvalue weighted by Crippen LogP contribution is 2.30. The van der Waals surface area contributed by atoms with E-state index in [1.54, 1.807) is 6.20 Å². The molecule has 0 spiro atoms. The Labute approximate surface area is 105 Å². The Kier molecular flexibility index (Phi) is 2.59. The van der Waals surface area contributed by atoms with Crippen LogP contribution in [0.25, 0.3) is 11.3 Å². The van der Waals surface area contributed by atoms with Crippen molar-refractivity contribution in [3.8, 4) is 11.3 Å². The largest absolute Gasteiger partial charge is 0.481 e. The predicted octanol–water partition coefficient (Wildman–Crippen LogP) is 2.55. The lowest BCUT2D eigenvalue weighted by molar-refractivity contribution is -0.141. The van der Waals surface area contributed by atoms with Gasteiger partial charge in [0.2, 0.25) is 0 Å². The average Bonchev–Trinajstić information content (AvgIpc) is 2.82. The molecule has 1 aromatic carbocycles. The van der Waals surface area contributed by atoms with Gasteiger partial charge in [-0.25, -0.2) is 0 Å². The molecule has 0 saturated heterocycles. The standard InChI is InChI=1S/C15H13NO2/c17-15(18)13-7-10-4-5-11(8-12(10)9-13)14-3-1-2-6-16-14/h1-6,8,13H,7,9H2,(H,17,18). The van der Waals surface area contributed by atoms with Crippen molar-refractivity contribution in [2.45, 2.75) is 12.8 Å². The minimum atomic E-state index is -0.703. The van der Waals surface area contributed by atoms with Crippen LogP contribution in [0.2, 0.25) is 0 Å². The third kappa shape index (κ3) is 1.88. The van der Waals surface area contributed by atoms with Crippen molar-refractivity contribution in [1.82, 2.24) is 4.98 Å². The normalized spacial score (nSPS) is 17.4. The van der Waals surface area contributed by atoms with E-state index in [1.807, 2.05) is 30.3 Å². The van der Waals surface area contributed by atoms with Gasteiger partial charge in [0, 0.05) is 11.8 Å². The minimum absolute atomic E-state index is 0.265. The smallest absolute Gasteiger partial charge is 0.307 e. The number of hydrogen-bond donors (Lipinski definition) is 1. The molecular formula is C15H13NO2. The topological polar surface area (TPSA) is 50.2 Å². The van der Waals surface area contributed by atoms with E-state index in [9.17, 15) is 4.79 Å². The minimum Gasteiger partial charge on any atom is -0.481 e. The van der Waals surface area contributed by atoms with Crippen molar-refractivity contribution in [3.05, 3.63) is 53.7 Å². The molecule has 1 aliphatic carbocycles. The molecule has 1 aromatic heterocycles. The predicted molar refractivity (Wildman–Crippen MR) is 68.2 cm³/mol. The van der Waals surface area contributed by atoms with Crippen molar-refractivity contribution in [1.29, 1.82) is 0 Å². The first-order valence-electron chi connectivity index (χ1n) is 6.00. The molecule has 3 rings (SSSR count). The maximum Gasteiger partial charge on any atom is 0.307 e. The summed E-state index contributed by atoms with van der Waals surface area (Å²) < 4.78 is 0. The van der Waals surface area contributed by atoms with Crippen LogP contribution in [0.5, 0.6) is 0 Å². The number of hydrogen-bond acceptors (Lipinski definition) is 2. The molecule has 90 valence electrons. The van der Waals surface area contributed by atoms with Gasteiger partial charge in [-0.2, -0.15) is 0 Å². The number of aliphatic carboxylic acids is 1. The summed E-state index contributed by atoms with van der Waals surface area (Å²) >= 11 is 0. The quantitative estimate of drug-likeness (QED) is 0.876. The molecule has 0 bridgehead atoms. The van der Waals surface area contributed by atoms with Crippen molar-refractivity contribution in [2.24, 2.45) is 5.92 Å². The van der Waals surface area contributed by atoms with Gasteiger partial charge in [0.1, 0.15) is 0 Å². The molecular weight excluding hydrogens is 226 g/mol. The number of nitrogens with zero attached hydrogens (tertiary/aromatic N) is 1. The lowest BCUT2D eigenvalue weighted by Crippen LogP contribution is -2.12. The van der Waals surface area contributed by atoms with Crippen LogP contribution in [0.4, 0.5) is 0 Å². The number of carboxylic acid groups (broad SMARTS) is 1. The van der Waals surface area contributed by atoms with Crippen LogP contribution in [0.15, 0.2) is 42.6 Å². The number of aromatic nitrogens is 1. The number of carbonyl (C=O) groups is 1. The summed E-state index contributed by atoms with van der Waals surface area (Å²) in [6.07, 6.45) is 3.04. The molecule has 1 N–H and O–H groups in total. The van der Waals surface area contributed by atoms with E-state index in [1.165, 1.54) is 0 Å². The molecule has 3 nitrogen and oxygen atoms in total. The van der Waals surface area contributed by atoms with Gasteiger partial charge in [-0.05, 0) is 42.2 Å². The summed E-state index contributed by atoms with van der Waals surface area (Å²) in [6, 6.07) is 11.9. The number of fused-ring (bicyclic) bond motifs is 1. The fourth-order valence-corrected chi connectivity index (χ4v) is 2.49. The maximum absolute atomic E-state index is 11.0. The van der Waals surface area contributed by atoms with Gasteiger partial charge in [-0.15, -0.1) is 0 Å². The highest BCUT2D eigenvalue weighted by atomic mass is 16.4. The molecule has 2 aromatic rings. The molecule has 3 heteroatoms. The Morgan fingerprint density at radius 1 is 1.17 bits per heavy atom. The first kappa shape index (κ1) is 11.0. The van der Waals surface area contributed by atoms with Gasteiger partial charge in [0.05, 0.1) is 11.6 Å². The summed E-state index contributed by atoms with van der Waals surface area (Å²) in [5.74, 6) is -0.968. The van der Waals surface area contributed by atoms with E-state index in [4.69, 9.17) is 5.11 Å². The van der Waals surface area contributed by atoms with Crippen LogP contribution in [-0.4, -0.2) is 16.1 Å². The van der Waals surface area contributed by atoms with Gasteiger partial charge < -0.3 is 5.11 Å². The van der Waals surface area contributed by atoms with Gasteiger partial charge in [-0.3, -0.25) is 9.78 Å². The van der Waals surface area contributed by atoms with E-state index in [0.717, 1.165) is 22.4 Å². The van der Waals surface area contributed by atoms with Gasteiger partial charge >= 0.3 is 5.97 Å². The van der Waals surface area contributed by atoms with Crippen LogP contribution in [0, 0.1) is 5.92 Å². The zero-order valence-corrected chi connectivity index (χ0v) is 9.84. The number of pyridine rings is 1. The Morgan fingerprint density at radius 3 is 2.72 bits per heavy atom. The molecule has 1 heterocycles. The Balaban J connectivity index is 1.95. The molecule has 0 radical (unpaired) electrons. The monoisotopic (exact) mass is 239 g/mol. The summed E-state index contributed by atoms with van der Waals surface area (Å²) in [5.41, 5.74) is 4.28. The first-order valence-corrected chi connectivity index (χ1v) is 6.00. The molecule has 1 atom stereocenters. The third-order valence-corrected chi connectivity index (χ3v) is 3.45. The van der Waals surface area contributed by atoms with Gasteiger partial charge in [-0.1, -0.05) is 18.2 Å². The maximum atomic E-state index is 11.0. The molecule has 0 aliphatic heterocycles. The van der Waals surface area contributed by atoms with Crippen LogP contribution < -0.4 is 0 Å². The Bertz CT molecular complexity index is 593. The van der Waals surface area contributed by atoms with E-state index in [-0.39, 0.29) is 5.92 Å². The van der Waals surface area contributed by atoms with Crippen molar-refractivity contribution >= 4 is 5.97 Å². The van der Waals surface area contributed by atoms with E-state index in [0.29, 0.717) is 12.8 Å². The summed E-state index contributed by atoms with van der Waals surface area (Å²) in [4.78, 5) is 15.3. The summed E-state index contributed by atoms with van der Waals surface area (Å²) in [5, 5.41) is 9.06. The molecule has 0 saturated carbocycles. The second kappa shape index (κ2) is 4.26. The SMILES string of the molecule is O=C(O)C1Cc2ccc(-c3ccccn3)cc2C1. The fourth-order valence-electron chi connectivity index (χ4n) is 2.49. The average molecular weight is 239 g/mol. The lowest BCUT2D eigenvalue weighted by atomic mass is 10.0. The second-order valence-corrected chi connectivity index (χ2v) is 4.64. The van der Waals surface area contributed by atoms with Gasteiger partial charge in [0.15, 0.2) is 0 Å². The summed E-state index contributed by atoms with van der Waals surface area (Å²) in [7, 11) is 0. The molecule has 1 unspecified atom stereocenters. The van der Waals surface area contributed by atoms with E-state index in [2.05, 4.69) is 11.1 Å². The number of rotatable bonds is 2. The van der Waals surface area contributed by atoms with Crippen LogP contribution in [0.1, 0.15) is 11.1 Å². The highest BCUT2D eigenvalue weighted by Gasteiger charge is 2.27. The van der Waals surface area contributed by atoms with Crippen molar-refractivity contribution in [3.63, 3.8) is 0 Å². The van der Waals surface area contributed by atoms with Crippen molar-refractivity contribution in [2.75, 3.05) is 0 Å². The van der Waals surface area contributed by atoms with Gasteiger partial charge in [0.25, 0.3) is 0 Å².